The van der Waals surface area contributed by atoms with E-state index in [1.54, 1.807) is 24.3 Å². The predicted molar refractivity (Wildman–Crippen MR) is 74.8 cm³/mol. The van der Waals surface area contributed by atoms with Crippen LogP contribution in [-0.4, -0.2) is 28.5 Å². The summed E-state index contributed by atoms with van der Waals surface area (Å²) in [7, 11) is 1.51. The maximum Gasteiger partial charge on any atom is 0.313 e. The van der Waals surface area contributed by atoms with E-state index in [1.165, 1.54) is 13.3 Å². The van der Waals surface area contributed by atoms with Crippen molar-refractivity contribution in [3.63, 3.8) is 0 Å². The monoisotopic (exact) mass is 274 g/mol. The molecule has 2 rings (SSSR count). The van der Waals surface area contributed by atoms with Crippen LogP contribution in [0.15, 0.2) is 30.5 Å². The number of para-hydroxylation sites is 1. The van der Waals surface area contributed by atoms with Gasteiger partial charge in [0.2, 0.25) is 5.95 Å². The van der Waals surface area contributed by atoms with Crippen LogP contribution in [0.3, 0.4) is 0 Å². The van der Waals surface area contributed by atoms with Crippen molar-refractivity contribution in [1.29, 1.82) is 0 Å². The highest BCUT2D eigenvalue weighted by molar-refractivity contribution is 5.75. The minimum atomic E-state index is -0.502. The first kappa shape index (κ1) is 13.7. The molecule has 0 fully saturated rings. The standard InChI is InChI=1S/C13H14N4O3/c1-3-14-13-15-8-10(17(18)19)12(16-13)9-6-4-5-7-11(9)20-2/h4-8H,3H2,1-2H3,(H,14,15,16). The summed E-state index contributed by atoms with van der Waals surface area (Å²) in [6.07, 6.45) is 1.20. The van der Waals surface area contributed by atoms with Gasteiger partial charge < -0.3 is 10.1 Å². The Balaban J connectivity index is 2.62. The van der Waals surface area contributed by atoms with Crippen LogP contribution in [0.25, 0.3) is 11.3 Å². The van der Waals surface area contributed by atoms with Gasteiger partial charge in [-0.3, -0.25) is 10.1 Å². The molecule has 1 N–H and O–H groups in total. The van der Waals surface area contributed by atoms with E-state index < -0.39 is 4.92 Å². The highest BCUT2D eigenvalue weighted by Gasteiger charge is 2.21. The van der Waals surface area contributed by atoms with Crippen LogP contribution >= 0.6 is 0 Å². The number of anilines is 1. The Bertz CT molecular complexity index is 631. The number of nitrogens with one attached hydrogen (secondary N) is 1. The Morgan fingerprint density at radius 1 is 1.40 bits per heavy atom. The van der Waals surface area contributed by atoms with Gasteiger partial charge in [-0.2, -0.15) is 0 Å². The lowest BCUT2D eigenvalue weighted by molar-refractivity contribution is -0.384. The summed E-state index contributed by atoms with van der Waals surface area (Å²) >= 11 is 0. The molecule has 1 aromatic carbocycles. The number of rotatable bonds is 5. The molecule has 0 radical (unpaired) electrons. The van der Waals surface area contributed by atoms with Gasteiger partial charge in [0.25, 0.3) is 0 Å². The van der Waals surface area contributed by atoms with Crippen LogP contribution in [-0.2, 0) is 0 Å². The van der Waals surface area contributed by atoms with E-state index in [0.29, 0.717) is 23.8 Å². The van der Waals surface area contributed by atoms with Crippen molar-refractivity contribution in [2.24, 2.45) is 0 Å². The number of methoxy groups -OCH3 is 1. The van der Waals surface area contributed by atoms with Gasteiger partial charge in [0, 0.05) is 12.1 Å². The van der Waals surface area contributed by atoms with E-state index in [9.17, 15) is 10.1 Å². The summed E-state index contributed by atoms with van der Waals surface area (Å²) in [6.45, 7) is 2.52. The minimum Gasteiger partial charge on any atom is -0.496 e. The fourth-order valence-electron chi connectivity index (χ4n) is 1.79. The topological polar surface area (TPSA) is 90.2 Å². The lowest BCUT2D eigenvalue weighted by atomic mass is 10.1. The Morgan fingerprint density at radius 3 is 2.80 bits per heavy atom. The second-order valence-electron chi connectivity index (χ2n) is 3.92. The second-order valence-corrected chi connectivity index (χ2v) is 3.92. The number of hydrogen-bond donors (Lipinski definition) is 1. The zero-order valence-corrected chi connectivity index (χ0v) is 11.2. The molecule has 2 aromatic rings. The molecule has 20 heavy (non-hydrogen) atoms. The summed E-state index contributed by atoms with van der Waals surface area (Å²) in [6, 6.07) is 7.02. The highest BCUT2D eigenvalue weighted by Crippen LogP contribution is 2.34. The predicted octanol–water partition coefficient (Wildman–Crippen LogP) is 2.49. The Kier molecular flexibility index (Phi) is 4.09. The first-order chi connectivity index (χ1) is 9.67. The van der Waals surface area contributed by atoms with Crippen LogP contribution in [0, 0.1) is 10.1 Å². The third kappa shape index (κ3) is 2.66. The van der Waals surface area contributed by atoms with E-state index in [4.69, 9.17) is 4.74 Å². The van der Waals surface area contributed by atoms with Crippen molar-refractivity contribution in [2.75, 3.05) is 19.0 Å². The fourth-order valence-corrected chi connectivity index (χ4v) is 1.79. The lowest BCUT2D eigenvalue weighted by Crippen LogP contribution is -2.05. The van der Waals surface area contributed by atoms with Crippen molar-refractivity contribution >= 4 is 11.6 Å². The van der Waals surface area contributed by atoms with Crippen LogP contribution < -0.4 is 10.1 Å². The average molecular weight is 274 g/mol. The molecule has 0 saturated carbocycles. The summed E-state index contributed by atoms with van der Waals surface area (Å²) in [5, 5.41) is 14.1. The molecule has 0 atom stereocenters. The van der Waals surface area contributed by atoms with Crippen LogP contribution in [0.5, 0.6) is 5.75 Å². The van der Waals surface area contributed by atoms with Gasteiger partial charge in [-0.05, 0) is 19.1 Å². The number of benzene rings is 1. The second kappa shape index (κ2) is 5.96. The van der Waals surface area contributed by atoms with Gasteiger partial charge in [0.1, 0.15) is 11.9 Å². The summed E-state index contributed by atoms with van der Waals surface area (Å²) < 4.78 is 5.23. The van der Waals surface area contributed by atoms with Crippen LogP contribution in [0.2, 0.25) is 0 Å². The molecule has 0 saturated heterocycles. The molecular formula is C13H14N4O3. The quantitative estimate of drug-likeness (QED) is 0.665. The van der Waals surface area contributed by atoms with Crippen molar-refractivity contribution in [3.05, 3.63) is 40.6 Å². The number of nitrogens with zero attached hydrogens (tertiary/aromatic N) is 3. The van der Waals surface area contributed by atoms with Gasteiger partial charge in [-0.25, -0.2) is 9.97 Å². The molecule has 1 heterocycles. The molecule has 7 heteroatoms. The van der Waals surface area contributed by atoms with E-state index in [2.05, 4.69) is 15.3 Å². The molecule has 0 aliphatic carbocycles. The first-order valence-electron chi connectivity index (χ1n) is 6.06. The molecular weight excluding hydrogens is 260 g/mol. The molecule has 7 nitrogen and oxygen atoms in total. The first-order valence-corrected chi connectivity index (χ1v) is 6.06. The van der Waals surface area contributed by atoms with Gasteiger partial charge in [0.05, 0.1) is 12.0 Å². The largest absolute Gasteiger partial charge is 0.496 e. The molecule has 0 spiro atoms. The summed E-state index contributed by atoms with van der Waals surface area (Å²) in [5.41, 5.74) is 0.637. The number of ether oxygens (including phenoxy) is 1. The van der Waals surface area contributed by atoms with Crippen LogP contribution in [0.4, 0.5) is 11.6 Å². The molecule has 0 unspecified atom stereocenters. The lowest BCUT2D eigenvalue weighted by Gasteiger charge is -2.09. The van der Waals surface area contributed by atoms with Gasteiger partial charge in [-0.1, -0.05) is 12.1 Å². The van der Waals surface area contributed by atoms with Crippen molar-refractivity contribution in [2.45, 2.75) is 6.92 Å². The van der Waals surface area contributed by atoms with Gasteiger partial charge in [-0.15, -0.1) is 0 Å². The zero-order chi connectivity index (χ0) is 14.5. The van der Waals surface area contributed by atoms with E-state index in [-0.39, 0.29) is 11.4 Å². The van der Waals surface area contributed by atoms with E-state index in [0.717, 1.165) is 0 Å². The minimum absolute atomic E-state index is 0.156. The third-order valence-electron chi connectivity index (χ3n) is 2.66. The maximum atomic E-state index is 11.1. The average Bonchev–Trinajstić information content (AvgIpc) is 2.47. The zero-order valence-electron chi connectivity index (χ0n) is 11.2. The van der Waals surface area contributed by atoms with Gasteiger partial charge in [0.15, 0.2) is 5.69 Å². The van der Waals surface area contributed by atoms with Crippen LogP contribution in [0.1, 0.15) is 6.92 Å². The highest BCUT2D eigenvalue weighted by atomic mass is 16.6. The Hall–Kier alpha value is -2.70. The normalized spacial score (nSPS) is 10.1. The molecule has 104 valence electrons. The maximum absolute atomic E-state index is 11.1. The number of aromatic nitrogens is 2. The van der Waals surface area contributed by atoms with E-state index >= 15 is 0 Å². The Labute approximate surface area is 115 Å². The summed E-state index contributed by atoms with van der Waals surface area (Å²) in [5.74, 6) is 0.871. The van der Waals surface area contributed by atoms with E-state index in [1.807, 2.05) is 6.92 Å². The van der Waals surface area contributed by atoms with Gasteiger partial charge >= 0.3 is 5.69 Å². The fraction of sp³-hybridized carbons (Fsp3) is 0.231. The number of hydrogen-bond acceptors (Lipinski definition) is 6. The molecule has 1 aromatic heterocycles. The van der Waals surface area contributed by atoms with Crippen molar-refractivity contribution in [1.82, 2.24) is 9.97 Å². The third-order valence-corrected chi connectivity index (χ3v) is 2.66. The molecule has 0 aliphatic rings. The molecule has 0 aliphatic heterocycles. The summed E-state index contributed by atoms with van der Waals surface area (Å²) in [4.78, 5) is 18.8. The smallest absolute Gasteiger partial charge is 0.313 e. The Morgan fingerprint density at radius 2 is 2.15 bits per heavy atom. The van der Waals surface area contributed by atoms with Crippen molar-refractivity contribution < 1.29 is 9.66 Å². The number of nitro groups is 1. The molecule has 0 amide bonds. The van der Waals surface area contributed by atoms with Crippen molar-refractivity contribution in [3.8, 4) is 17.0 Å². The SMILES string of the molecule is CCNc1ncc([N+](=O)[O-])c(-c2ccccc2OC)n1. The molecule has 0 bridgehead atoms.